The summed E-state index contributed by atoms with van der Waals surface area (Å²) in [6.07, 6.45) is 0.755. The number of amides is 1. The Hall–Kier alpha value is -2.82. The van der Waals surface area contributed by atoms with Crippen molar-refractivity contribution in [1.29, 1.82) is 0 Å². The Morgan fingerprint density at radius 3 is 2.43 bits per heavy atom. The predicted octanol–water partition coefficient (Wildman–Crippen LogP) is 2.21. The van der Waals surface area contributed by atoms with E-state index in [9.17, 15) is 9.59 Å². The lowest BCUT2D eigenvalue weighted by atomic mass is 10.1. The lowest BCUT2D eigenvalue weighted by Gasteiger charge is -2.10. The van der Waals surface area contributed by atoms with Crippen molar-refractivity contribution in [3.63, 3.8) is 0 Å². The van der Waals surface area contributed by atoms with E-state index < -0.39 is 5.97 Å². The SMILES string of the molecule is COC(=O)c1ccccc1OCC(=O)NCCc1ccccc1. The molecule has 0 aromatic heterocycles. The minimum absolute atomic E-state index is 0.150. The van der Waals surface area contributed by atoms with Gasteiger partial charge < -0.3 is 14.8 Å². The average molecular weight is 313 g/mol. The number of hydrogen-bond acceptors (Lipinski definition) is 4. The van der Waals surface area contributed by atoms with E-state index in [1.54, 1.807) is 24.3 Å². The number of hydrogen-bond donors (Lipinski definition) is 1. The first kappa shape index (κ1) is 16.5. The topological polar surface area (TPSA) is 64.6 Å². The number of methoxy groups -OCH3 is 1. The zero-order valence-electron chi connectivity index (χ0n) is 13.0. The van der Waals surface area contributed by atoms with Gasteiger partial charge in [0, 0.05) is 6.54 Å². The summed E-state index contributed by atoms with van der Waals surface area (Å²) in [5.74, 6) is -0.400. The Balaban J connectivity index is 1.79. The van der Waals surface area contributed by atoms with Gasteiger partial charge in [-0.2, -0.15) is 0 Å². The highest BCUT2D eigenvalue weighted by Crippen LogP contribution is 2.18. The number of esters is 1. The van der Waals surface area contributed by atoms with Crippen molar-refractivity contribution in [3.05, 3.63) is 65.7 Å². The molecule has 0 bridgehead atoms. The Labute approximate surface area is 135 Å². The van der Waals surface area contributed by atoms with Gasteiger partial charge in [0.15, 0.2) is 6.61 Å². The van der Waals surface area contributed by atoms with Crippen molar-refractivity contribution in [2.24, 2.45) is 0 Å². The molecule has 1 amide bonds. The molecule has 0 spiro atoms. The molecule has 0 aliphatic carbocycles. The second kappa shape index (κ2) is 8.58. The maximum atomic E-state index is 11.8. The molecule has 0 saturated heterocycles. The Morgan fingerprint density at radius 2 is 1.70 bits per heavy atom. The van der Waals surface area contributed by atoms with Crippen LogP contribution in [0, 0.1) is 0 Å². The van der Waals surface area contributed by atoms with Crippen molar-refractivity contribution < 1.29 is 19.1 Å². The molecule has 2 aromatic carbocycles. The summed E-state index contributed by atoms with van der Waals surface area (Å²) < 4.78 is 10.1. The lowest BCUT2D eigenvalue weighted by Crippen LogP contribution is -2.30. The summed E-state index contributed by atoms with van der Waals surface area (Å²) >= 11 is 0. The molecule has 1 N–H and O–H groups in total. The molecule has 0 fully saturated rings. The fourth-order valence-corrected chi connectivity index (χ4v) is 2.06. The molecule has 0 radical (unpaired) electrons. The second-order valence-electron chi connectivity index (χ2n) is 4.86. The van der Waals surface area contributed by atoms with Crippen molar-refractivity contribution in [2.45, 2.75) is 6.42 Å². The lowest BCUT2D eigenvalue weighted by molar-refractivity contribution is -0.123. The van der Waals surface area contributed by atoms with Crippen molar-refractivity contribution in [2.75, 3.05) is 20.3 Å². The van der Waals surface area contributed by atoms with Crippen LogP contribution >= 0.6 is 0 Å². The number of benzene rings is 2. The van der Waals surface area contributed by atoms with Crippen molar-refractivity contribution >= 4 is 11.9 Å². The highest BCUT2D eigenvalue weighted by molar-refractivity contribution is 5.92. The normalized spacial score (nSPS) is 9.96. The minimum atomic E-state index is -0.495. The monoisotopic (exact) mass is 313 g/mol. The average Bonchev–Trinajstić information content (AvgIpc) is 2.60. The van der Waals surface area contributed by atoms with Crippen molar-refractivity contribution in [3.8, 4) is 5.75 Å². The van der Waals surface area contributed by atoms with Gasteiger partial charge in [0.05, 0.1) is 7.11 Å². The smallest absolute Gasteiger partial charge is 0.341 e. The third kappa shape index (κ3) is 5.14. The molecule has 2 aromatic rings. The number of para-hydroxylation sites is 1. The first-order valence-electron chi connectivity index (χ1n) is 7.31. The first-order valence-corrected chi connectivity index (χ1v) is 7.31. The van der Waals surface area contributed by atoms with E-state index in [4.69, 9.17) is 4.74 Å². The summed E-state index contributed by atoms with van der Waals surface area (Å²) in [6, 6.07) is 16.6. The summed E-state index contributed by atoms with van der Waals surface area (Å²) in [4.78, 5) is 23.4. The van der Waals surface area contributed by atoms with Crippen LogP contribution in [0.15, 0.2) is 54.6 Å². The molecule has 0 aliphatic heterocycles. The fourth-order valence-electron chi connectivity index (χ4n) is 2.06. The Kier molecular flexibility index (Phi) is 6.17. The van der Waals surface area contributed by atoms with Crippen molar-refractivity contribution in [1.82, 2.24) is 5.32 Å². The van der Waals surface area contributed by atoms with Gasteiger partial charge in [-0.15, -0.1) is 0 Å². The van der Waals surface area contributed by atoms with E-state index >= 15 is 0 Å². The fraction of sp³-hybridized carbons (Fsp3) is 0.222. The van der Waals surface area contributed by atoms with Crippen LogP contribution in [0.25, 0.3) is 0 Å². The van der Waals surface area contributed by atoms with E-state index in [1.807, 2.05) is 30.3 Å². The van der Waals surface area contributed by atoms with Gasteiger partial charge in [0.25, 0.3) is 5.91 Å². The van der Waals surface area contributed by atoms with Gasteiger partial charge in [-0.3, -0.25) is 4.79 Å². The van der Waals surface area contributed by atoms with Crippen LogP contribution in [0.4, 0.5) is 0 Å². The molecule has 5 nitrogen and oxygen atoms in total. The molecule has 0 saturated carbocycles. The van der Waals surface area contributed by atoms with Crippen LogP contribution in [0.2, 0.25) is 0 Å². The number of carbonyl (C=O) groups excluding carboxylic acids is 2. The molecule has 0 heterocycles. The van der Waals surface area contributed by atoms with Crippen LogP contribution in [0.5, 0.6) is 5.75 Å². The van der Waals surface area contributed by atoms with Gasteiger partial charge in [0.1, 0.15) is 11.3 Å². The van der Waals surface area contributed by atoms with Gasteiger partial charge in [-0.1, -0.05) is 42.5 Å². The molecular formula is C18H19NO4. The van der Waals surface area contributed by atoms with E-state index in [0.717, 1.165) is 12.0 Å². The standard InChI is InChI=1S/C18H19NO4/c1-22-18(21)15-9-5-6-10-16(15)23-13-17(20)19-12-11-14-7-3-2-4-8-14/h2-10H,11-13H2,1H3,(H,19,20). The zero-order chi connectivity index (χ0) is 16.5. The Morgan fingerprint density at radius 1 is 1.00 bits per heavy atom. The Bertz CT molecular complexity index is 655. The van der Waals surface area contributed by atoms with Gasteiger partial charge in [0.2, 0.25) is 0 Å². The summed E-state index contributed by atoms with van der Waals surface area (Å²) in [5.41, 5.74) is 1.46. The minimum Gasteiger partial charge on any atom is -0.483 e. The molecule has 23 heavy (non-hydrogen) atoms. The quantitative estimate of drug-likeness (QED) is 0.796. The van der Waals surface area contributed by atoms with Gasteiger partial charge in [-0.05, 0) is 24.1 Å². The van der Waals surface area contributed by atoms with Crippen LogP contribution in [0.1, 0.15) is 15.9 Å². The molecule has 120 valence electrons. The van der Waals surface area contributed by atoms with E-state index in [0.29, 0.717) is 17.9 Å². The number of rotatable bonds is 7. The van der Waals surface area contributed by atoms with Crippen LogP contribution in [0.3, 0.4) is 0 Å². The summed E-state index contributed by atoms with van der Waals surface area (Å²) in [7, 11) is 1.30. The second-order valence-corrected chi connectivity index (χ2v) is 4.86. The maximum Gasteiger partial charge on any atom is 0.341 e. The first-order chi connectivity index (χ1) is 11.2. The highest BCUT2D eigenvalue weighted by atomic mass is 16.5. The van der Waals surface area contributed by atoms with E-state index in [2.05, 4.69) is 10.1 Å². The predicted molar refractivity (Wildman–Crippen MR) is 86.4 cm³/mol. The van der Waals surface area contributed by atoms with Crippen LogP contribution in [-0.4, -0.2) is 32.1 Å². The van der Waals surface area contributed by atoms with E-state index in [1.165, 1.54) is 7.11 Å². The maximum absolute atomic E-state index is 11.8. The zero-order valence-corrected chi connectivity index (χ0v) is 13.0. The molecule has 0 unspecified atom stereocenters. The number of ether oxygens (including phenoxy) is 2. The molecule has 5 heteroatoms. The van der Waals surface area contributed by atoms with E-state index in [-0.39, 0.29) is 12.5 Å². The van der Waals surface area contributed by atoms with Crippen LogP contribution in [-0.2, 0) is 16.0 Å². The van der Waals surface area contributed by atoms with Gasteiger partial charge >= 0.3 is 5.97 Å². The number of nitrogens with one attached hydrogen (secondary N) is 1. The largest absolute Gasteiger partial charge is 0.483 e. The summed E-state index contributed by atoms with van der Waals surface area (Å²) in [6.45, 7) is 0.383. The number of carbonyl (C=O) groups is 2. The highest BCUT2D eigenvalue weighted by Gasteiger charge is 2.13. The molecule has 2 rings (SSSR count). The molecule has 0 aliphatic rings. The third-order valence-corrected chi connectivity index (χ3v) is 3.23. The molecule has 0 atom stereocenters. The van der Waals surface area contributed by atoms with Crippen LogP contribution < -0.4 is 10.1 Å². The third-order valence-electron chi connectivity index (χ3n) is 3.23. The molecular weight excluding hydrogens is 294 g/mol. The van der Waals surface area contributed by atoms with Gasteiger partial charge in [-0.25, -0.2) is 4.79 Å². The summed E-state index contributed by atoms with van der Waals surface area (Å²) in [5, 5.41) is 2.78.